The number of fused-ring (bicyclic) bond motifs is 2. The van der Waals surface area contributed by atoms with Gasteiger partial charge >= 0.3 is 0 Å². The molecule has 184 valence electrons. The summed E-state index contributed by atoms with van der Waals surface area (Å²) in [5.74, 6) is 0.103. The topological polar surface area (TPSA) is 100 Å². The lowest BCUT2D eigenvalue weighted by atomic mass is 9.95. The number of hydrogen-bond acceptors (Lipinski definition) is 7. The fraction of sp³-hybridized carbons (Fsp3) is 0.423. The second kappa shape index (κ2) is 9.28. The Bertz CT molecular complexity index is 1350. The molecule has 2 saturated heterocycles. The van der Waals surface area contributed by atoms with E-state index in [1.807, 2.05) is 24.0 Å². The van der Waals surface area contributed by atoms with Crippen LogP contribution in [0.4, 0.5) is 0 Å². The van der Waals surface area contributed by atoms with Crippen molar-refractivity contribution in [3.8, 4) is 11.8 Å². The minimum atomic E-state index is -0.107. The lowest BCUT2D eigenvalue weighted by Gasteiger charge is -2.46. The van der Waals surface area contributed by atoms with E-state index in [4.69, 9.17) is 16.3 Å². The van der Waals surface area contributed by atoms with Crippen molar-refractivity contribution in [3.63, 3.8) is 0 Å². The standard InChI is InChI=1S/C26H26ClN7O2/c1-16-20(6-7-24(27)23(16)11-28)25-13-32-8-9-33(12-19(32)14-36-25)26(35)22-4-2-17-10-18(3-5-21(17)22)34-15-29-30-31-34/h3,5-7,10,15,19,22,25H,2,4,8-9,12-14H2,1H3. The Labute approximate surface area is 214 Å². The fourth-order valence-corrected chi connectivity index (χ4v) is 6.10. The molecule has 2 fully saturated rings. The highest BCUT2D eigenvalue weighted by Crippen LogP contribution is 2.37. The van der Waals surface area contributed by atoms with Crippen LogP contribution in [0.2, 0.25) is 5.02 Å². The number of halogens is 1. The third-order valence-corrected chi connectivity index (χ3v) is 8.15. The Morgan fingerprint density at radius 2 is 2.06 bits per heavy atom. The maximum Gasteiger partial charge on any atom is 0.230 e. The molecule has 3 heterocycles. The van der Waals surface area contributed by atoms with Crippen molar-refractivity contribution < 1.29 is 9.53 Å². The second-order valence-corrected chi connectivity index (χ2v) is 10.1. The number of amides is 1. The number of piperazine rings is 1. The summed E-state index contributed by atoms with van der Waals surface area (Å²) < 4.78 is 7.90. The van der Waals surface area contributed by atoms with E-state index in [2.05, 4.69) is 38.6 Å². The Kier molecular flexibility index (Phi) is 5.96. The zero-order chi connectivity index (χ0) is 24.8. The van der Waals surface area contributed by atoms with Crippen molar-refractivity contribution in [2.75, 3.05) is 32.8 Å². The molecule has 36 heavy (non-hydrogen) atoms. The summed E-state index contributed by atoms with van der Waals surface area (Å²) in [6.07, 6.45) is 3.17. The molecule has 3 aliphatic rings. The smallest absolute Gasteiger partial charge is 0.230 e. The molecule has 3 unspecified atom stereocenters. The monoisotopic (exact) mass is 503 g/mol. The summed E-state index contributed by atoms with van der Waals surface area (Å²) >= 11 is 6.19. The van der Waals surface area contributed by atoms with Crippen molar-refractivity contribution in [2.24, 2.45) is 0 Å². The normalized spacial score (nSPS) is 23.7. The highest BCUT2D eigenvalue weighted by atomic mass is 35.5. The Hall–Kier alpha value is -3.32. The first-order chi connectivity index (χ1) is 17.5. The molecule has 2 aromatic carbocycles. The van der Waals surface area contributed by atoms with E-state index in [1.165, 1.54) is 5.56 Å². The van der Waals surface area contributed by atoms with Crippen LogP contribution in [-0.4, -0.2) is 74.7 Å². The average molecular weight is 504 g/mol. The first-order valence-electron chi connectivity index (χ1n) is 12.2. The van der Waals surface area contributed by atoms with Crippen LogP contribution in [0.3, 0.4) is 0 Å². The van der Waals surface area contributed by atoms with Gasteiger partial charge in [-0.2, -0.15) is 5.26 Å². The van der Waals surface area contributed by atoms with Gasteiger partial charge in [-0.15, -0.1) is 5.10 Å². The van der Waals surface area contributed by atoms with Crippen molar-refractivity contribution in [1.29, 1.82) is 5.26 Å². The predicted molar refractivity (Wildman–Crippen MR) is 132 cm³/mol. The highest BCUT2D eigenvalue weighted by molar-refractivity contribution is 6.31. The maximum atomic E-state index is 13.6. The quantitative estimate of drug-likeness (QED) is 0.541. The maximum absolute atomic E-state index is 13.6. The van der Waals surface area contributed by atoms with Gasteiger partial charge in [0.1, 0.15) is 12.4 Å². The number of aromatic nitrogens is 4. The predicted octanol–water partition coefficient (Wildman–Crippen LogP) is 2.81. The van der Waals surface area contributed by atoms with Gasteiger partial charge in [0.05, 0.1) is 40.9 Å². The van der Waals surface area contributed by atoms with Gasteiger partial charge < -0.3 is 9.64 Å². The molecule has 3 aromatic rings. The van der Waals surface area contributed by atoms with Crippen LogP contribution in [-0.2, 0) is 16.0 Å². The van der Waals surface area contributed by atoms with E-state index >= 15 is 0 Å². The molecule has 1 aliphatic carbocycles. The zero-order valence-corrected chi connectivity index (χ0v) is 20.7. The van der Waals surface area contributed by atoms with Crippen LogP contribution >= 0.6 is 11.6 Å². The molecule has 0 radical (unpaired) electrons. The minimum Gasteiger partial charge on any atom is -0.370 e. The molecule has 1 aromatic heterocycles. The molecule has 9 nitrogen and oxygen atoms in total. The van der Waals surface area contributed by atoms with E-state index in [0.29, 0.717) is 30.3 Å². The van der Waals surface area contributed by atoms with Gasteiger partial charge in [0.15, 0.2) is 0 Å². The number of tetrazole rings is 1. The molecule has 0 saturated carbocycles. The van der Waals surface area contributed by atoms with E-state index in [1.54, 1.807) is 17.1 Å². The molecule has 6 rings (SSSR count). The number of rotatable bonds is 3. The molecule has 1 amide bonds. The van der Waals surface area contributed by atoms with E-state index in [-0.39, 0.29) is 24.0 Å². The largest absolute Gasteiger partial charge is 0.370 e. The summed E-state index contributed by atoms with van der Waals surface area (Å²) in [7, 11) is 0. The van der Waals surface area contributed by atoms with Crippen LogP contribution in [0.5, 0.6) is 0 Å². The minimum absolute atomic E-state index is 0.104. The van der Waals surface area contributed by atoms with Crippen LogP contribution in [0, 0.1) is 18.3 Å². The van der Waals surface area contributed by atoms with Gasteiger partial charge in [-0.25, -0.2) is 4.68 Å². The number of carbonyl (C=O) groups excluding carboxylic acids is 1. The fourth-order valence-electron chi connectivity index (χ4n) is 5.86. The van der Waals surface area contributed by atoms with Gasteiger partial charge in [0.25, 0.3) is 0 Å². The summed E-state index contributed by atoms with van der Waals surface area (Å²) in [5.41, 5.74) is 5.62. The van der Waals surface area contributed by atoms with E-state index < -0.39 is 0 Å². The summed E-state index contributed by atoms with van der Waals surface area (Å²) in [4.78, 5) is 18.0. The number of aryl methyl sites for hydroxylation is 1. The molecule has 10 heteroatoms. The van der Waals surface area contributed by atoms with Crippen molar-refractivity contribution in [2.45, 2.75) is 37.8 Å². The number of benzene rings is 2. The highest BCUT2D eigenvalue weighted by Gasteiger charge is 2.39. The van der Waals surface area contributed by atoms with Crippen LogP contribution < -0.4 is 0 Å². The first-order valence-corrected chi connectivity index (χ1v) is 12.6. The number of nitrogens with zero attached hydrogens (tertiary/aromatic N) is 7. The molecule has 0 N–H and O–H groups in total. The number of morpholine rings is 1. The zero-order valence-electron chi connectivity index (χ0n) is 20.0. The number of hydrogen-bond donors (Lipinski definition) is 0. The van der Waals surface area contributed by atoms with Crippen molar-refractivity contribution >= 4 is 17.5 Å². The van der Waals surface area contributed by atoms with E-state index in [9.17, 15) is 10.1 Å². The molecule has 3 atom stereocenters. The summed E-state index contributed by atoms with van der Waals surface area (Å²) in [6.45, 7) is 5.41. The molecular weight excluding hydrogens is 478 g/mol. The third-order valence-electron chi connectivity index (χ3n) is 7.84. The average Bonchev–Trinajstić information content (AvgIpc) is 3.58. The molecular formula is C26H26ClN7O2. The van der Waals surface area contributed by atoms with Crippen molar-refractivity contribution in [3.05, 3.63) is 69.5 Å². The second-order valence-electron chi connectivity index (χ2n) is 9.73. The Morgan fingerprint density at radius 1 is 1.19 bits per heavy atom. The molecule has 2 aliphatic heterocycles. The number of carbonyl (C=O) groups is 1. The number of nitriles is 1. The summed E-state index contributed by atoms with van der Waals surface area (Å²) in [6, 6.07) is 12.2. The summed E-state index contributed by atoms with van der Waals surface area (Å²) in [5, 5.41) is 21.3. The number of ether oxygens (including phenoxy) is 1. The van der Waals surface area contributed by atoms with Gasteiger partial charge in [0, 0.05) is 26.2 Å². The lowest BCUT2D eigenvalue weighted by molar-refractivity contribution is -0.141. The SMILES string of the molecule is Cc1c(C2CN3CCN(C(=O)C4CCc5cc(-n6cnnn6)ccc54)CC3CO2)ccc(Cl)c1C#N. The molecule has 0 bridgehead atoms. The molecule has 0 spiro atoms. The lowest BCUT2D eigenvalue weighted by Crippen LogP contribution is -2.60. The van der Waals surface area contributed by atoms with E-state index in [0.717, 1.165) is 48.3 Å². The van der Waals surface area contributed by atoms with Gasteiger partial charge in [-0.05, 0) is 70.6 Å². The Morgan fingerprint density at radius 3 is 2.86 bits per heavy atom. The van der Waals surface area contributed by atoms with Crippen LogP contribution in [0.1, 0.15) is 46.3 Å². The van der Waals surface area contributed by atoms with Gasteiger partial charge in [-0.1, -0.05) is 23.7 Å². The Balaban J connectivity index is 1.12. The van der Waals surface area contributed by atoms with Gasteiger partial charge in [-0.3, -0.25) is 9.69 Å². The van der Waals surface area contributed by atoms with Crippen LogP contribution in [0.15, 0.2) is 36.7 Å². The third kappa shape index (κ3) is 3.95. The van der Waals surface area contributed by atoms with Crippen LogP contribution in [0.25, 0.3) is 5.69 Å². The van der Waals surface area contributed by atoms with Crippen molar-refractivity contribution in [1.82, 2.24) is 30.0 Å². The van der Waals surface area contributed by atoms with Gasteiger partial charge in [0.2, 0.25) is 5.91 Å². The first kappa shape index (κ1) is 23.1.